The van der Waals surface area contributed by atoms with Gasteiger partial charge in [0.2, 0.25) is 5.89 Å². The summed E-state index contributed by atoms with van der Waals surface area (Å²) in [5.74, 6) is 1.45. The molecule has 2 aromatic heterocycles. The zero-order valence-corrected chi connectivity index (χ0v) is 9.08. The van der Waals surface area contributed by atoms with Crippen LogP contribution in [0.5, 0.6) is 0 Å². The average molecular weight is 226 g/mol. The maximum atomic E-state index is 8.73. The second-order valence-corrected chi connectivity index (χ2v) is 4.16. The fourth-order valence-corrected chi connectivity index (χ4v) is 1.79. The quantitative estimate of drug-likeness (QED) is 0.795. The molecule has 0 spiro atoms. The van der Waals surface area contributed by atoms with Gasteiger partial charge in [0.1, 0.15) is 0 Å². The first-order valence-corrected chi connectivity index (χ1v) is 5.48. The van der Waals surface area contributed by atoms with Crippen molar-refractivity contribution in [2.75, 3.05) is 0 Å². The van der Waals surface area contributed by atoms with Gasteiger partial charge in [-0.1, -0.05) is 11.2 Å². The largest absolute Gasteiger partial charge is 0.339 e. The molecule has 2 atom stereocenters. The Morgan fingerprint density at radius 3 is 3.18 bits per heavy atom. The number of hydrogen-bond acceptors (Lipinski definition) is 5. The Bertz CT molecular complexity index is 557. The van der Waals surface area contributed by atoms with Crippen molar-refractivity contribution in [2.24, 2.45) is 5.92 Å². The molecule has 1 aliphatic carbocycles. The van der Waals surface area contributed by atoms with Crippen molar-refractivity contribution < 1.29 is 4.52 Å². The molecule has 3 rings (SSSR count). The molecule has 0 aliphatic heterocycles. The van der Waals surface area contributed by atoms with Crippen molar-refractivity contribution in [1.29, 1.82) is 5.26 Å². The van der Waals surface area contributed by atoms with Crippen LogP contribution >= 0.6 is 0 Å². The van der Waals surface area contributed by atoms with Gasteiger partial charge in [0.15, 0.2) is 5.82 Å². The van der Waals surface area contributed by atoms with Gasteiger partial charge in [-0.05, 0) is 18.1 Å². The van der Waals surface area contributed by atoms with Crippen molar-refractivity contribution in [3.63, 3.8) is 0 Å². The number of nitriles is 1. The Morgan fingerprint density at radius 1 is 1.53 bits per heavy atom. The van der Waals surface area contributed by atoms with E-state index in [9.17, 15) is 0 Å². The van der Waals surface area contributed by atoms with Crippen LogP contribution < -0.4 is 0 Å². The second-order valence-electron chi connectivity index (χ2n) is 4.16. The van der Waals surface area contributed by atoms with Gasteiger partial charge in [-0.3, -0.25) is 4.98 Å². The molecule has 1 saturated carbocycles. The predicted octanol–water partition coefficient (Wildman–Crippen LogP) is 1.68. The molecule has 1 fully saturated rings. The summed E-state index contributed by atoms with van der Waals surface area (Å²) in [4.78, 5) is 8.34. The number of pyridine rings is 1. The van der Waals surface area contributed by atoms with Gasteiger partial charge in [0, 0.05) is 18.8 Å². The summed E-state index contributed by atoms with van der Waals surface area (Å²) in [5, 5.41) is 12.6. The molecule has 5 nitrogen and oxygen atoms in total. The van der Waals surface area contributed by atoms with Crippen molar-refractivity contribution in [1.82, 2.24) is 15.1 Å². The molecule has 0 saturated heterocycles. The lowest BCUT2D eigenvalue weighted by molar-refractivity contribution is 0.373. The van der Waals surface area contributed by atoms with E-state index >= 15 is 0 Å². The smallest absolute Gasteiger partial charge is 0.231 e. The Labute approximate surface area is 98.1 Å². The van der Waals surface area contributed by atoms with E-state index in [1.165, 1.54) is 0 Å². The zero-order valence-electron chi connectivity index (χ0n) is 9.08. The van der Waals surface area contributed by atoms with Crippen LogP contribution in [0.2, 0.25) is 0 Å². The van der Waals surface area contributed by atoms with Crippen molar-refractivity contribution in [2.45, 2.75) is 18.8 Å². The first-order valence-electron chi connectivity index (χ1n) is 5.48. The minimum absolute atomic E-state index is 0.0571. The van der Waals surface area contributed by atoms with Gasteiger partial charge in [-0.25, -0.2) is 0 Å². The van der Waals surface area contributed by atoms with Crippen LogP contribution in [-0.4, -0.2) is 15.1 Å². The first-order chi connectivity index (χ1) is 8.36. The number of nitrogens with zero attached hydrogens (tertiary/aromatic N) is 4. The summed E-state index contributed by atoms with van der Waals surface area (Å²) < 4.78 is 5.16. The van der Waals surface area contributed by atoms with Gasteiger partial charge in [0.05, 0.1) is 17.9 Å². The highest BCUT2D eigenvalue weighted by Crippen LogP contribution is 2.45. The van der Waals surface area contributed by atoms with Crippen LogP contribution in [0.4, 0.5) is 0 Å². The van der Waals surface area contributed by atoms with E-state index in [4.69, 9.17) is 9.78 Å². The fourth-order valence-electron chi connectivity index (χ4n) is 1.79. The maximum Gasteiger partial charge on any atom is 0.231 e. The molecular weight excluding hydrogens is 216 g/mol. The van der Waals surface area contributed by atoms with Crippen molar-refractivity contribution in [3.05, 3.63) is 41.8 Å². The van der Waals surface area contributed by atoms with Gasteiger partial charge < -0.3 is 4.52 Å². The fraction of sp³-hybridized carbons (Fsp3) is 0.333. The van der Waals surface area contributed by atoms with E-state index in [1.54, 1.807) is 12.4 Å². The molecule has 1 aliphatic rings. The van der Waals surface area contributed by atoms with Crippen LogP contribution in [-0.2, 0) is 6.42 Å². The van der Waals surface area contributed by atoms with Crippen LogP contribution in [0, 0.1) is 17.2 Å². The third kappa shape index (κ3) is 2.02. The monoisotopic (exact) mass is 226 g/mol. The zero-order chi connectivity index (χ0) is 11.7. The molecule has 2 aromatic rings. The Morgan fingerprint density at radius 2 is 2.47 bits per heavy atom. The average Bonchev–Trinajstić information content (AvgIpc) is 3.03. The summed E-state index contributed by atoms with van der Waals surface area (Å²) in [6.45, 7) is 0. The second kappa shape index (κ2) is 3.98. The third-order valence-electron chi connectivity index (χ3n) is 2.84. The van der Waals surface area contributed by atoms with Gasteiger partial charge >= 0.3 is 0 Å². The molecule has 0 N–H and O–H groups in total. The molecule has 0 bridgehead atoms. The molecule has 84 valence electrons. The summed E-state index contributed by atoms with van der Waals surface area (Å²) in [6.07, 6.45) is 4.96. The highest BCUT2D eigenvalue weighted by atomic mass is 16.5. The first kappa shape index (κ1) is 9.97. The highest BCUT2D eigenvalue weighted by Gasteiger charge is 2.43. The molecule has 17 heavy (non-hydrogen) atoms. The molecule has 0 aromatic carbocycles. The molecule has 0 amide bonds. The normalized spacial score (nSPS) is 22.1. The van der Waals surface area contributed by atoms with Crippen molar-refractivity contribution in [3.8, 4) is 6.07 Å². The summed E-state index contributed by atoms with van der Waals surface area (Å²) in [7, 11) is 0. The minimum atomic E-state index is 0.0571. The Balaban J connectivity index is 1.72. The molecule has 2 unspecified atom stereocenters. The van der Waals surface area contributed by atoms with E-state index in [1.807, 2.05) is 12.1 Å². The number of rotatable bonds is 3. The maximum absolute atomic E-state index is 8.73. The van der Waals surface area contributed by atoms with Crippen LogP contribution in [0.1, 0.15) is 29.6 Å². The summed E-state index contributed by atoms with van der Waals surface area (Å²) in [6, 6.07) is 6.06. The standard InChI is InChI=1S/C12H10N4O/c13-6-9-5-10(9)12-15-11(16-17-12)4-8-2-1-3-14-7-8/h1-3,7,9-10H,4-5H2. The lowest BCUT2D eigenvalue weighted by Gasteiger charge is -1.93. The van der Waals surface area contributed by atoms with Gasteiger partial charge in [-0.2, -0.15) is 10.2 Å². The van der Waals surface area contributed by atoms with E-state index in [0.717, 1.165) is 12.0 Å². The predicted molar refractivity (Wildman–Crippen MR) is 57.8 cm³/mol. The number of aromatic nitrogens is 3. The Hall–Kier alpha value is -2.22. The SMILES string of the molecule is N#CC1CC1c1nc(Cc2cccnc2)no1. The minimum Gasteiger partial charge on any atom is -0.339 e. The number of hydrogen-bond donors (Lipinski definition) is 0. The van der Waals surface area contributed by atoms with E-state index in [0.29, 0.717) is 18.1 Å². The molecule has 5 heteroatoms. The third-order valence-corrected chi connectivity index (χ3v) is 2.84. The molecular formula is C12H10N4O. The molecule has 2 heterocycles. The highest BCUT2D eigenvalue weighted by molar-refractivity contribution is 5.17. The Kier molecular flexibility index (Phi) is 2.33. The van der Waals surface area contributed by atoms with Gasteiger partial charge in [0.25, 0.3) is 0 Å². The lowest BCUT2D eigenvalue weighted by atomic mass is 10.2. The van der Waals surface area contributed by atoms with E-state index < -0.39 is 0 Å². The van der Waals surface area contributed by atoms with E-state index in [2.05, 4.69) is 21.2 Å². The van der Waals surface area contributed by atoms with E-state index in [-0.39, 0.29) is 11.8 Å². The van der Waals surface area contributed by atoms with Crippen LogP contribution in [0.3, 0.4) is 0 Å². The summed E-state index contributed by atoms with van der Waals surface area (Å²) >= 11 is 0. The van der Waals surface area contributed by atoms with Crippen LogP contribution in [0.15, 0.2) is 29.0 Å². The lowest BCUT2D eigenvalue weighted by Crippen LogP contribution is -1.91. The van der Waals surface area contributed by atoms with Crippen molar-refractivity contribution >= 4 is 0 Å². The topological polar surface area (TPSA) is 75.6 Å². The summed E-state index contributed by atoms with van der Waals surface area (Å²) in [5.41, 5.74) is 1.05. The van der Waals surface area contributed by atoms with Crippen LogP contribution in [0.25, 0.3) is 0 Å². The van der Waals surface area contributed by atoms with Gasteiger partial charge in [-0.15, -0.1) is 0 Å². The molecule has 0 radical (unpaired) electrons.